The second kappa shape index (κ2) is 16.2. The summed E-state index contributed by atoms with van der Waals surface area (Å²) in [4.78, 5) is 67.0. The van der Waals surface area contributed by atoms with Gasteiger partial charge in [0.1, 0.15) is 17.9 Å². The Balaban J connectivity index is 0.900. The van der Waals surface area contributed by atoms with Crippen LogP contribution in [0.4, 0.5) is 28.9 Å². The van der Waals surface area contributed by atoms with Crippen LogP contribution in [-0.4, -0.2) is 90.7 Å². The summed E-state index contributed by atoms with van der Waals surface area (Å²) in [5.74, 6) is -1.22. The number of rotatable bonds is 9. The van der Waals surface area contributed by atoms with E-state index in [-0.39, 0.29) is 48.6 Å². The Kier molecular flexibility index (Phi) is 11.3. The number of para-hydroxylation sites is 1. The van der Waals surface area contributed by atoms with E-state index in [0.29, 0.717) is 47.2 Å². The molecule has 2 saturated heterocycles. The number of nitrogens with one attached hydrogen (secondary N) is 2. The van der Waals surface area contributed by atoms with E-state index in [1.807, 2.05) is 24.1 Å². The van der Waals surface area contributed by atoms with Crippen LogP contribution in [0.15, 0.2) is 47.5 Å². The molecule has 61 heavy (non-hydrogen) atoms. The summed E-state index contributed by atoms with van der Waals surface area (Å²) >= 11 is 1.48. The summed E-state index contributed by atoms with van der Waals surface area (Å²) in [5, 5.41) is 16.9. The fraction of sp³-hybridized carbons (Fsp3) is 0.500. The number of hydrogen-bond donors (Lipinski definition) is 3. The number of aliphatic hydroxyl groups is 1. The van der Waals surface area contributed by atoms with Gasteiger partial charge < -0.3 is 20.2 Å². The number of hydrogen-bond acceptors (Lipinski definition) is 11. The number of alkyl halides is 4. The van der Waals surface area contributed by atoms with Gasteiger partial charge in [0.05, 0.1) is 56.5 Å². The molecule has 5 heterocycles. The van der Waals surface area contributed by atoms with Crippen molar-refractivity contribution in [2.24, 2.45) is 13.0 Å². The van der Waals surface area contributed by atoms with Crippen LogP contribution in [0.25, 0.3) is 21.3 Å². The average molecular weight is 866 g/mol. The summed E-state index contributed by atoms with van der Waals surface area (Å²) in [6.45, 7) is 4.56. The number of thiazole rings is 1. The zero-order valence-electron chi connectivity index (χ0n) is 34.1. The molecule has 19 heteroatoms. The molecule has 1 saturated carbocycles. The minimum atomic E-state index is -4.77. The highest BCUT2D eigenvalue weighted by molar-refractivity contribution is 7.18. The molecule has 2 aliphatic heterocycles. The molecule has 3 atom stereocenters. The van der Waals surface area contributed by atoms with Gasteiger partial charge in [-0.2, -0.15) is 13.2 Å². The molecule has 0 radical (unpaired) electrons. The number of imide groups is 1. The molecule has 14 nitrogen and oxygen atoms in total. The molecule has 1 aliphatic carbocycles. The maximum atomic E-state index is 16.1. The van der Waals surface area contributed by atoms with E-state index >= 15 is 4.39 Å². The van der Waals surface area contributed by atoms with E-state index in [4.69, 9.17) is 4.98 Å². The molecule has 3 aliphatic rings. The zero-order chi connectivity index (χ0) is 43.5. The lowest BCUT2D eigenvalue weighted by atomic mass is 9.81. The highest BCUT2D eigenvalue weighted by Crippen LogP contribution is 2.42. The molecular weight excluding hydrogens is 819 g/mol. The number of aryl methyl sites for hydroxylation is 1. The van der Waals surface area contributed by atoms with Gasteiger partial charge in [0.15, 0.2) is 5.69 Å². The number of benzene rings is 2. The minimum Gasteiger partial charge on any atom is -0.386 e. The molecule has 2 aromatic carbocycles. The summed E-state index contributed by atoms with van der Waals surface area (Å²) < 4.78 is 59.5. The summed E-state index contributed by atoms with van der Waals surface area (Å²) in [6, 6.07) is 7.75. The van der Waals surface area contributed by atoms with Crippen molar-refractivity contribution in [2.75, 3.05) is 36.9 Å². The van der Waals surface area contributed by atoms with E-state index in [0.717, 1.165) is 53.8 Å². The number of amides is 3. The van der Waals surface area contributed by atoms with Crippen molar-refractivity contribution in [2.45, 2.75) is 94.7 Å². The van der Waals surface area contributed by atoms with Gasteiger partial charge in [-0.1, -0.05) is 6.07 Å². The lowest BCUT2D eigenvalue weighted by Crippen LogP contribution is -2.52. The molecule has 3 fully saturated rings. The van der Waals surface area contributed by atoms with E-state index in [1.165, 1.54) is 20.5 Å². The highest BCUT2D eigenvalue weighted by atomic mass is 32.1. The molecular formula is C42H47F4N9O5S. The maximum absolute atomic E-state index is 16.1. The number of fused-ring (bicyclic) bond motifs is 2. The van der Waals surface area contributed by atoms with Crippen LogP contribution >= 0.6 is 11.3 Å². The highest BCUT2D eigenvalue weighted by Gasteiger charge is 2.37. The van der Waals surface area contributed by atoms with Crippen LogP contribution in [0.3, 0.4) is 0 Å². The summed E-state index contributed by atoms with van der Waals surface area (Å²) in [6.07, 6.45) is 0.143. The Morgan fingerprint density at radius 3 is 2.49 bits per heavy atom. The number of piperidine rings is 2. The van der Waals surface area contributed by atoms with Gasteiger partial charge in [0.2, 0.25) is 11.8 Å². The van der Waals surface area contributed by atoms with Crippen molar-refractivity contribution in [1.29, 1.82) is 0 Å². The van der Waals surface area contributed by atoms with Gasteiger partial charge in [-0.3, -0.25) is 33.8 Å². The quantitative estimate of drug-likeness (QED) is 0.118. The number of halogens is 4. The maximum Gasteiger partial charge on any atom is 0.434 e. The van der Waals surface area contributed by atoms with Gasteiger partial charge in [-0.15, -0.1) is 11.3 Å². The Morgan fingerprint density at radius 1 is 1.05 bits per heavy atom. The van der Waals surface area contributed by atoms with Gasteiger partial charge >= 0.3 is 11.9 Å². The second-order valence-electron chi connectivity index (χ2n) is 17.0. The summed E-state index contributed by atoms with van der Waals surface area (Å²) in [7, 11) is 3.63. The molecule has 1 unspecified atom stereocenters. The molecule has 0 spiro atoms. The predicted molar refractivity (Wildman–Crippen MR) is 221 cm³/mol. The number of nitrogens with zero attached hydrogens (tertiary/aromatic N) is 7. The van der Waals surface area contributed by atoms with Crippen molar-refractivity contribution in [3.05, 3.63) is 75.2 Å². The number of carbonyl (C=O) groups is 3. The van der Waals surface area contributed by atoms with Gasteiger partial charge in [0.25, 0.3) is 5.91 Å². The Morgan fingerprint density at radius 2 is 1.80 bits per heavy atom. The van der Waals surface area contributed by atoms with Crippen LogP contribution in [0.2, 0.25) is 0 Å². The molecule has 3 N–H and O–H groups in total. The van der Waals surface area contributed by atoms with Crippen LogP contribution in [0.1, 0.15) is 97.5 Å². The zero-order valence-corrected chi connectivity index (χ0v) is 34.9. The van der Waals surface area contributed by atoms with Crippen molar-refractivity contribution in [3.63, 3.8) is 0 Å². The number of carbonyl (C=O) groups excluding carboxylic acids is 3. The van der Waals surface area contributed by atoms with Gasteiger partial charge in [0, 0.05) is 49.8 Å². The number of aromatic nitrogens is 5. The fourth-order valence-corrected chi connectivity index (χ4v) is 10.4. The normalized spacial score (nSPS) is 22.9. The lowest BCUT2D eigenvalue weighted by Gasteiger charge is -2.42. The van der Waals surface area contributed by atoms with Gasteiger partial charge in [-0.25, -0.2) is 19.2 Å². The SMILES string of the molecule is CN(CC1CCC(c2nc3cc(C(C)(C)O)c(NC(=O)c4cncc(C(F)(F)F)n4)cc3s2)CC1)[C@@H]1CCN(c2cccc3c2n(C)c(=O)n3C2CCC(=O)NC2=O)C[C@H]1F. The Labute approximate surface area is 352 Å². The third-order valence-corrected chi connectivity index (χ3v) is 13.5. The smallest absolute Gasteiger partial charge is 0.386 e. The van der Waals surface area contributed by atoms with Crippen molar-refractivity contribution in [1.82, 2.24) is 34.3 Å². The third kappa shape index (κ3) is 8.38. The molecule has 3 aromatic heterocycles. The molecule has 5 aromatic rings. The monoisotopic (exact) mass is 865 g/mol. The number of anilines is 2. The molecule has 8 rings (SSSR count). The Bertz CT molecular complexity index is 2580. The topological polar surface area (TPSA) is 168 Å². The first kappa shape index (κ1) is 42.4. The first-order valence-electron chi connectivity index (χ1n) is 20.4. The van der Waals surface area contributed by atoms with Crippen LogP contribution in [0, 0.1) is 5.92 Å². The fourth-order valence-electron chi connectivity index (χ4n) is 9.22. The van der Waals surface area contributed by atoms with Crippen LogP contribution in [-0.2, 0) is 28.4 Å². The number of imidazole rings is 1. The van der Waals surface area contributed by atoms with Gasteiger partial charge in [-0.05, 0) is 89.6 Å². The first-order chi connectivity index (χ1) is 28.9. The largest absolute Gasteiger partial charge is 0.434 e. The Hall–Kier alpha value is -5.27. The van der Waals surface area contributed by atoms with Crippen LogP contribution < -0.4 is 21.2 Å². The van der Waals surface area contributed by atoms with E-state index in [2.05, 4.69) is 25.5 Å². The second-order valence-corrected chi connectivity index (χ2v) is 18.1. The van der Waals surface area contributed by atoms with E-state index < -0.39 is 47.2 Å². The minimum absolute atomic E-state index is 0.141. The standard InChI is InChI=1S/C42H47F4N9O5S/c1-41(2,60)24-16-27-33(17-26(24)49-37(57)28-18-47-19-34(48-28)42(44,45)46)61-39(50-27)23-10-8-22(9-11-23)20-52(3)29-14-15-54(21-25(29)43)30-6-5-7-31-36(30)53(4)40(59)55(31)32-12-13-35(56)51-38(32)58/h5-7,16-19,22-23,25,29,32,60H,8-15,20-21H2,1-4H3,(H,49,57)(H,51,56,58)/t22?,23?,25-,29-,32?/m1/s1. The molecule has 0 bridgehead atoms. The molecule has 324 valence electrons. The predicted octanol–water partition coefficient (Wildman–Crippen LogP) is 6.04. The van der Waals surface area contributed by atoms with Crippen LogP contribution in [0.5, 0.6) is 0 Å². The lowest BCUT2D eigenvalue weighted by molar-refractivity contribution is -0.141. The first-order valence-corrected chi connectivity index (χ1v) is 21.2. The third-order valence-electron chi connectivity index (χ3n) is 12.4. The van der Waals surface area contributed by atoms with Crippen molar-refractivity contribution in [3.8, 4) is 0 Å². The summed E-state index contributed by atoms with van der Waals surface area (Å²) in [5.41, 5.74) is -0.459. The van der Waals surface area contributed by atoms with Crippen molar-refractivity contribution < 1.29 is 37.1 Å². The van der Waals surface area contributed by atoms with Crippen molar-refractivity contribution >= 4 is 61.7 Å². The average Bonchev–Trinajstić information content (AvgIpc) is 3.74. The van der Waals surface area contributed by atoms with E-state index in [1.54, 1.807) is 39.1 Å². The van der Waals surface area contributed by atoms with E-state index in [9.17, 15) is 37.5 Å². The molecule has 3 amide bonds.